The fraction of sp³-hybridized carbons (Fsp3) is 0.294. The van der Waals surface area contributed by atoms with Gasteiger partial charge in [0.25, 0.3) is 0 Å². The minimum atomic E-state index is -3.77. The molecule has 124 valence electrons. The van der Waals surface area contributed by atoms with Crippen molar-refractivity contribution in [2.45, 2.75) is 38.6 Å². The maximum Gasteiger partial charge on any atom is 0.241 e. The number of aryl methyl sites for hydroxylation is 3. The molecule has 0 aliphatic rings. The zero-order chi connectivity index (χ0) is 17.4. The van der Waals surface area contributed by atoms with Crippen LogP contribution in [0.15, 0.2) is 35.2 Å². The van der Waals surface area contributed by atoms with E-state index in [-0.39, 0.29) is 4.90 Å². The SMILES string of the molecule is Cc1cc(C)c(S(=O)(=O)NC(C)c2ccc(F)c(F)c2)c(C)c1. The number of hydrogen-bond donors (Lipinski definition) is 1. The van der Waals surface area contributed by atoms with E-state index in [4.69, 9.17) is 0 Å². The normalized spacial score (nSPS) is 13.1. The molecule has 0 radical (unpaired) electrons. The molecule has 0 spiro atoms. The number of nitrogens with one attached hydrogen (secondary N) is 1. The lowest BCUT2D eigenvalue weighted by Crippen LogP contribution is -2.28. The van der Waals surface area contributed by atoms with Gasteiger partial charge in [-0.2, -0.15) is 0 Å². The van der Waals surface area contributed by atoms with Crippen LogP contribution in [0.5, 0.6) is 0 Å². The number of sulfonamides is 1. The van der Waals surface area contributed by atoms with E-state index in [2.05, 4.69) is 4.72 Å². The summed E-state index contributed by atoms with van der Waals surface area (Å²) in [5.74, 6) is -1.97. The average Bonchev–Trinajstić information content (AvgIpc) is 2.39. The lowest BCUT2D eigenvalue weighted by molar-refractivity contribution is 0.504. The van der Waals surface area contributed by atoms with E-state index in [0.717, 1.165) is 17.7 Å². The summed E-state index contributed by atoms with van der Waals surface area (Å²) in [6.45, 7) is 6.95. The van der Waals surface area contributed by atoms with Crippen LogP contribution < -0.4 is 4.72 Å². The molecular formula is C17H19F2NO2S. The summed E-state index contributed by atoms with van der Waals surface area (Å²) in [5.41, 5.74) is 2.63. The first-order chi connectivity index (χ1) is 10.6. The van der Waals surface area contributed by atoms with Gasteiger partial charge in [-0.05, 0) is 56.5 Å². The zero-order valence-corrected chi connectivity index (χ0v) is 14.3. The van der Waals surface area contributed by atoms with Gasteiger partial charge in [-0.1, -0.05) is 23.8 Å². The van der Waals surface area contributed by atoms with E-state index in [1.807, 2.05) is 6.92 Å². The van der Waals surface area contributed by atoms with Crippen LogP contribution in [0.3, 0.4) is 0 Å². The topological polar surface area (TPSA) is 46.2 Å². The van der Waals surface area contributed by atoms with Crippen molar-refractivity contribution in [3.8, 4) is 0 Å². The van der Waals surface area contributed by atoms with Gasteiger partial charge in [0.2, 0.25) is 10.0 Å². The number of rotatable bonds is 4. The quantitative estimate of drug-likeness (QED) is 0.917. The Hall–Kier alpha value is -1.79. The monoisotopic (exact) mass is 339 g/mol. The lowest BCUT2D eigenvalue weighted by Gasteiger charge is -2.18. The molecule has 0 bridgehead atoms. The van der Waals surface area contributed by atoms with Crippen LogP contribution in [0.25, 0.3) is 0 Å². The lowest BCUT2D eigenvalue weighted by atomic mass is 10.1. The van der Waals surface area contributed by atoms with E-state index >= 15 is 0 Å². The first kappa shape index (κ1) is 17.6. The highest BCUT2D eigenvalue weighted by atomic mass is 32.2. The zero-order valence-electron chi connectivity index (χ0n) is 13.4. The van der Waals surface area contributed by atoms with Crippen LogP contribution in [0.4, 0.5) is 8.78 Å². The second-order valence-electron chi connectivity index (χ2n) is 5.74. The fourth-order valence-electron chi connectivity index (χ4n) is 2.73. The third-order valence-corrected chi connectivity index (χ3v) is 5.49. The first-order valence-corrected chi connectivity index (χ1v) is 8.65. The Kier molecular flexibility index (Phi) is 4.87. The molecule has 0 fully saturated rings. The Morgan fingerprint density at radius 1 is 0.957 bits per heavy atom. The number of halogens is 2. The van der Waals surface area contributed by atoms with Crippen molar-refractivity contribution in [1.82, 2.24) is 4.72 Å². The van der Waals surface area contributed by atoms with Crippen LogP contribution in [0.1, 0.15) is 35.2 Å². The molecule has 0 heterocycles. The summed E-state index contributed by atoms with van der Waals surface area (Å²) >= 11 is 0. The van der Waals surface area contributed by atoms with Crippen molar-refractivity contribution < 1.29 is 17.2 Å². The Labute approximate surface area is 135 Å². The van der Waals surface area contributed by atoms with E-state index < -0.39 is 27.7 Å². The molecule has 0 aliphatic heterocycles. The molecule has 0 amide bonds. The van der Waals surface area contributed by atoms with E-state index in [9.17, 15) is 17.2 Å². The van der Waals surface area contributed by atoms with Gasteiger partial charge < -0.3 is 0 Å². The van der Waals surface area contributed by atoms with Gasteiger partial charge >= 0.3 is 0 Å². The largest absolute Gasteiger partial charge is 0.241 e. The Morgan fingerprint density at radius 3 is 2.04 bits per heavy atom. The molecule has 1 N–H and O–H groups in total. The molecule has 2 rings (SSSR count). The highest BCUT2D eigenvalue weighted by Gasteiger charge is 2.23. The minimum absolute atomic E-state index is 0.220. The third kappa shape index (κ3) is 3.76. The van der Waals surface area contributed by atoms with Crippen molar-refractivity contribution in [1.29, 1.82) is 0 Å². The van der Waals surface area contributed by atoms with Gasteiger partial charge in [0.05, 0.1) is 4.90 Å². The number of hydrogen-bond acceptors (Lipinski definition) is 2. The van der Waals surface area contributed by atoms with Crippen molar-refractivity contribution in [3.05, 3.63) is 64.2 Å². The van der Waals surface area contributed by atoms with Crippen LogP contribution in [0, 0.1) is 32.4 Å². The molecule has 1 unspecified atom stereocenters. The smallest absolute Gasteiger partial charge is 0.207 e. The Balaban J connectivity index is 2.36. The van der Waals surface area contributed by atoms with E-state index in [1.54, 1.807) is 32.9 Å². The predicted molar refractivity (Wildman–Crippen MR) is 85.7 cm³/mol. The second-order valence-corrected chi connectivity index (χ2v) is 7.40. The second kappa shape index (κ2) is 6.37. The Bertz CT molecular complexity index is 825. The molecule has 3 nitrogen and oxygen atoms in total. The maximum absolute atomic E-state index is 13.3. The first-order valence-electron chi connectivity index (χ1n) is 7.17. The summed E-state index contributed by atoms with van der Waals surface area (Å²) in [4.78, 5) is 0.220. The summed E-state index contributed by atoms with van der Waals surface area (Å²) in [6.07, 6.45) is 0. The summed E-state index contributed by atoms with van der Waals surface area (Å²) in [7, 11) is -3.77. The predicted octanol–water partition coefficient (Wildman–Crippen LogP) is 3.93. The van der Waals surface area contributed by atoms with Gasteiger partial charge in [-0.3, -0.25) is 0 Å². The molecule has 0 saturated heterocycles. The average molecular weight is 339 g/mol. The molecule has 0 saturated carbocycles. The molecule has 0 aromatic heterocycles. The highest BCUT2D eigenvalue weighted by molar-refractivity contribution is 7.89. The molecule has 2 aromatic carbocycles. The summed E-state index contributed by atoms with van der Waals surface area (Å²) < 4.78 is 54.1. The van der Waals surface area contributed by atoms with Crippen molar-refractivity contribution in [3.63, 3.8) is 0 Å². The minimum Gasteiger partial charge on any atom is -0.207 e. The van der Waals surface area contributed by atoms with Gasteiger partial charge in [-0.15, -0.1) is 0 Å². The number of benzene rings is 2. The summed E-state index contributed by atoms with van der Waals surface area (Å²) in [6, 6.07) is 6.25. The van der Waals surface area contributed by atoms with Crippen LogP contribution in [-0.4, -0.2) is 8.42 Å². The molecule has 0 aliphatic carbocycles. The summed E-state index contributed by atoms with van der Waals surface area (Å²) in [5, 5.41) is 0. The third-order valence-electron chi connectivity index (χ3n) is 3.65. The van der Waals surface area contributed by atoms with Crippen LogP contribution >= 0.6 is 0 Å². The van der Waals surface area contributed by atoms with Crippen molar-refractivity contribution in [2.75, 3.05) is 0 Å². The Morgan fingerprint density at radius 2 is 1.52 bits per heavy atom. The highest BCUT2D eigenvalue weighted by Crippen LogP contribution is 2.24. The van der Waals surface area contributed by atoms with Crippen LogP contribution in [-0.2, 0) is 10.0 Å². The van der Waals surface area contributed by atoms with Gasteiger partial charge in [0.15, 0.2) is 11.6 Å². The molecule has 6 heteroatoms. The standard InChI is InChI=1S/C17H19F2NO2S/c1-10-7-11(2)17(12(3)8-10)23(21,22)20-13(4)14-5-6-15(18)16(19)9-14/h5-9,13,20H,1-4H3. The fourth-order valence-corrected chi connectivity index (χ4v) is 4.42. The van der Waals surface area contributed by atoms with Gasteiger partial charge in [0.1, 0.15) is 0 Å². The molecular weight excluding hydrogens is 320 g/mol. The maximum atomic E-state index is 13.3. The van der Waals surface area contributed by atoms with Gasteiger partial charge in [-0.25, -0.2) is 21.9 Å². The molecule has 1 atom stereocenters. The van der Waals surface area contributed by atoms with Crippen molar-refractivity contribution in [2.24, 2.45) is 0 Å². The molecule has 2 aromatic rings. The van der Waals surface area contributed by atoms with Crippen LogP contribution in [0.2, 0.25) is 0 Å². The van der Waals surface area contributed by atoms with Crippen molar-refractivity contribution >= 4 is 10.0 Å². The van der Waals surface area contributed by atoms with Gasteiger partial charge in [0, 0.05) is 6.04 Å². The van der Waals surface area contributed by atoms with E-state index in [0.29, 0.717) is 16.7 Å². The van der Waals surface area contributed by atoms with E-state index in [1.165, 1.54) is 6.07 Å². The molecule has 23 heavy (non-hydrogen) atoms.